The summed E-state index contributed by atoms with van der Waals surface area (Å²) in [7, 11) is 0. The molecular formula is C9H9BrN2OS. The number of halogens is 1. The van der Waals surface area contributed by atoms with Crippen molar-refractivity contribution in [2.45, 2.75) is 12.8 Å². The molecule has 0 bridgehead atoms. The Bertz CT molecular complexity index is 356. The van der Waals surface area contributed by atoms with Crippen molar-refractivity contribution in [2.75, 3.05) is 6.54 Å². The van der Waals surface area contributed by atoms with E-state index >= 15 is 0 Å². The lowest BCUT2D eigenvalue weighted by atomic mass is 10.3. The van der Waals surface area contributed by atoms with Gasteiger partial charge in [-0.3, -0.25) is 4.79 Å². The van der Waals surface area contributed by atoms with Gasteiger partial charge in [-0.15, -0.1) is 11.3 Å². The van der Waals surface area contributed by atoms with Gasteiger partial charge in [0.2, 0.25) is 5.91 Å². The minimum absolute atomic E-state index is 0.0614. The fourth-order valence-corrected chi connectivity index (χ4v) is 2.40. The van der Waals surface area contributed by atoms with Crippen molar-refractivity contribution in [2.24, 2.45) is 0 Å². The summed E-state index contributed by atoms with van der Waals surface area (Å²) in [5.41, 5.74) is 0. The zero-order chi connectivity index (χ0) is 10.4. The molecule has 74 valence electrons. The maximum Gasteiger partial charge on any atom is 0.234 e. The van der Waals surface area contributed by atoms with Crippen molar-refractivity contribution in [3.63, 3.8) is 0 Å². The van der Waals surface area contributed by atoms with E-state index in [4.69, 9.17) is 5.26 Å². The number of nitriles is 1. The van der Waals surface area contributed by atoms with Gasteiger partial charge in [0.05, 0.1) is 6.07 Å². The fourth-order valence-electron chi connectivity index (χ4n) is 0.944. The van der Waals surface area contributed by atoms with Gasteiger partial charge in [0.15, 0.2) is 0 Å². The monoisotopic (exact) mass is 272 g/mol. The molecule has 0 saturated heterocycles. The topological polar surface area (TPSA) is 52.9 Å². The number of rotatable bonds is 4. The smallest absolute Gasteiger partial charge is 0.234 e. The Morgan fingerprint density at radius 2 is 2.50 bits per heavy atom. The van der Waals surface area contributed by atoms with Crippen LogP contribution in [0.3, 0.4) is 0 Å². The number of hydrogen-bond acceptors (Lipinski definition) is 3. The number of carbonyl (C=O) groups is 1. The molecule has 14 heavy (non-hydrogen) atoms. The van der Waals surface area contributed by atoms with Gasteiger partial charge >= 0.3 is 0 Å². The van der Waals surface area contributed by atoms with Crippen LogP contribution in [0.1, 0.15) is 11.3 Å². The number of nitrogens with zero attached hydrogens (tertiary/aromatic N) is 1. The first-order chi connectivity index (χ1) is 6.72. The highest BCUT2D eigenvalue weighted by molar-refractivity contribution is 9.10. The summed E-state index contributed by atoms with van der Waals surface area (Å²) >= 11 is 5.01. The summed E-state index contributed by atoms with van der Waals surface area (Å²) < 4.78 is 1.07. The van der Waals surface area contributed by atoms with Crippen molar-refractivity contribution >= 4 is 33.2 Å². The van der Waals surface area contributed by atoms with Crippen molar-refractivity contribution in [1.82, 2.24) is 5.32 Å². The van der Waals surface area contributed by atoms with Gasteiger partial charge in [0.25, 0.3) is 0 Å². The number of carbonyl (C=O) groups excluding carboxylic acids is 1. The van der Waals surface area contributed by atoms with Crippen LogP contribution in [0.25, 0.3) is 0 Å². The van der Waals surface area contributed by atoms with Crippen molar-refractivity contribution in [3.05, 3.63) is 20.8 Å². The van der Waals surface area contributed by atoms with Crippen LogP contribution in [0.5, 0.6) is 0 Å². The molecule has 1 rings (SSSR count). The van der Waals surface area contributed by atoms with E-state index in [0.29, 0.717) is 6.54 Å². The van der Waals surface area contributed by atoms with Gasteiger partial charge in [-0.1, -0.05) is 0 Å². The standard InChI is InChI=1S/C9H9BrN2OS/c10-7-5-8(14-6-7)2-4-12-9(13)1-3-11/h5-6H,1-2,4H2,(H,12,13). The molecule has 0 aromatic carbocycles. The Morgan fingerprint density at radius 1 is 1.71 bits per heavy atom. The van der Waals surface area contributed by atoms with Crippen LogP contribution >= 0.6 is 27.3 Å². The maximum atomic E-state index is 10.9. The lowest BCUT2D eigenvalue weighted by Crippen LogP contribution is -2.24. The molecule has 0 atom stereocenters. The summed E-state index contributed by atoms with van der Waals surface area (Å²) in [6.45, 7) is 0.591. The quantitative estimate of drug-likeness (QED) is 0.913. The second-order valence-electron chi connectivity index (χ2n) is 2.67. The van der Waals surface area contributed by atoms with Crippen LogP contribution in [-0.2, 0) is 11.2 Å². The van der Waals surface area contributed by atoms with Crippen molar-refractivity contribution in [3.8, 4) is 6.07 Å². The SMILES string of the molecule is N#CCC(=O)NCCc1cc(Br)cs1. The first-order valence-electron chi connectivity index (χ1n) is 4.09. The minimum Gasteiger partial charge on any atom is -0.355 e. The molecule has 0 aliphatic carbocycles. The number of nitrogens with one attached hydrogen (secondary N) is 1. The molecule has 0 aliphatic rings. The Hall–Kier alpha value is -0.860. The van der Waals surface area contributed by atoms with Gasteiger partial charge < -0.3 is 5.32 Å². The van der Waals surface area contributed by atoms with E-state index < -0.39 is 0 Å². The van der Waals surface area contributed by atoms with E-state index in [9.17, 15) is 4.79 Å². The number of thiophene rings is 1. The van der Waals surface area contributed by atoms with Crippen molar-refractivity contribution < 1.29 is 4.79 Å². The third-order valence-corrected chi connectivity index (χ3v) is 3.31. The van der Waals surface area contributed by atoms with Gasteiger partial charge in [0.1, 0.15) is 6.42 Å². The normalized spacial score (nSPS) is 9.43. The zero-order valence-electron chi connectivity index (χ0n) is 7.42. The lowest BCUT2D eigenvalue weighted by molar-refractivity contribution is -0.120. The van der Waals surface area contributed by atoms with Gasteiger partial charge in [-0.25, -0.2) is 0 Å². The lowest BCUT2D eigenvalue weighted by Gasteiger charge is -1.99. The Labute approximate surface area is 94.9 Å². The van der Waals surface area contributed by atoms with Gasteiger partial charge in [-0.05, 0) is 28.4 Å². The zero-order valence-corrected chi connectivity index (χ0v) is 9.82. The second-order valence-corrected chi connectivity index (χ2v) is 4.58. The summed E-state index contributed by atoms with van der Waals surface area (Å²) in [4.78, 5) is 12.1. The predicted octanol–water partition coefficient (Wildman–Crippen LogP) is 2.08. The molecule has 1 heterocycles. The van der Waals surface area contributed by atoms with Crippen LogP contribution in [0, 0.1) is 11.3 Å². The van der Waals surface area contributed by atoms with Gasteiger partial charge in [-0.2, -0.15) is 5.26 Å². The van der Waals surface area contributed by atoms with Gasteiger partial charge in [0, 0.05) is 21.3 Å². The first-order valence-corrected chi connectivity index (χ1v) is 5.76. The van der Waals surface area contributed by atoms with Crippen LogP contribution in [0.4, 0.5) is 0 Å². The van der Waals surface area contributed by atoms with E-state index in [1.54, 1.807) is 17.4 Å². The molecule has 3 nitrogen and oxygen atoms in total. The molecule has 0 fully saturated rings. The summed E-state index contributed by atoms with van der Waals surface area (Å²) in [5.74, 6) is -0.205. The third kappa shape index (κ3) is 3.90. The highest BCUT2D eigenvalue weighted by Crippen LogP contribution is 2.19. The summed E-state index contributed by atoms with van der Waals surface area (Å²) in [6, 6.07) is 3.83. The van der Waals surface area contributed by atoms with E-state index in [2.05, 4.69) is 21.2 Å². The third-order valence-electron chi connectivity index (χ3n) is 1.55. The molecule has 1 N–H and O–H groups in total. The number of hydrogen-bond donors (Lipinski definition) is 1. The summed E-state index contributed by atoms with van der Waals surface area (Å²) in [5, 5.41) is 12.9. The molecule has 0 radical (unpaired) electrons. The molecule has 1 aromatic heterocycles. The Kier molecular flexibility index (Phi) is 4.63. The highest BCUT2D eigenvalue weighted by Gasteiger charge is 2.00. The minimum atomic E-state index is -0.205. The molecular weight excluding hydrogens is 264 g/mol. The second kappa shape index (κ2) is 5.78. The largest absolute Gasteiger partial charge is 0.355 e. The molecule has 1 aromatic rings. The molecule has 0 spiro atoms. The van der Waals surface area contributed by atoms with Crippen LogP contribution in [0.15, 0.2) is 15.9 Å². The average Bonchev–Trinajstić information content (AvgIpc) is 2.52. The molecule has 1 amide bonds. The van der Waals surface area contributed by atoms with Crippen LogP contribution in [-0.4, -0.2) is 12.5 Å². The molecule has 0 saturated carbocycles. The highest BCUT2D eigenvalue weighted by atomic mass is 79.9. The first kappa shape index (κ1) is 11.2. The van der Waals surface area contributed by atoms with E-state index in [1.807, 2.05) is 11.4 Å². The molecule has 5 heteroatoms. The van der Waals surface area contributed by atoms with E-state index in [-0.39, 0.29) is 12.3 Å². The average molecular weight is 273 g/mol. The van der Waals surface area contributed by atoms with E-state index in [1.165, 1.54) is 4.88 Å². The van der Waals surface area contributed by atoms with Crippen molar-refractivity contribution in [1.29, 1.82) is 5.26 Å². The van der Waals surface area contributed by atoms with Crippen LogP contribution in [0.2, 0.25) is 0 Å². The summed E-state index contributed by atoms with van der Waals surface area (Å²) in [6.07, 6.45) is 0.752. The fraction of sp³-hybridized carbons (Fsp3) is 0.333. The maximum absolute atomic E-state index is 10.9. The molecule has 0 unspecified atom stereocenters. The van der Waals surface area contributed by atoms with E-state index in [0.717, 1.165) is 10.9 Å². The Balaban J connectivity index is 2.22. The number of amides is 1. The van der Waals surface area contributed by atoms with Crippen LogP contribution < -0.4 is 5.32 Å². The molecule has 0 aliphatic heterocycles. The Morgan fingerprint density at radius 3 is 3.07 bits per heavy atom. The predicted molar refractivity (Wildman–Crippen MR) is 59.0 cm³/mol.